The summed E-state index contributed by atoms with van der Waals surface area (Å²) in [6.07, 6.45) is 0.812. The van der Waals surface area contributed by atoms with E-state index in [0.717, 1.165) is 23.1 Å². The fourth-order valence-corrected chi connectivity index (χ4v) is 2.05. The maximum absolute atomic E-state index is 10.9. The van der Waals surface area contributed by atoms with Crippen LogP contribution in [0.3, 0.4) is 0 Å². The van der Waals surface area contributed by atoms with Crippen LogP contribution in [0.15, 0.2) is 11.0 Å². The first-order valence-electron chi connectivity index (χ1n) is 4.54. The summed E-state index contributed by atoms with van der Waals surface area (Å²) in [7, 11) is 0. The normalized spacial score (nSPS) is 10.3. The summed E-state index contributed by atoms with van der Waals surface area (Å²) in [4.78, 5) is 11.5. The lowest BCUT2D eigenvalue weighted by atomic mass is 9.98. The van der Waals surface area contributed by atoms with Gasteiger partial charge in [-0.25, -0.2) is 4.79 Å². The average Bonchev–Trinajstić information content (AvgIpc) is 2.12. The first kappa shape index (κ1) is 11.1. The zero-order valence-electron chi connectivity index (χ0n) is 8.59. The van der Waals surface area contributed by atoms with Crippen LogP contribution in [-0.4, -0.2) is 11.1 Å². The Morgan fingerprint density at radius 3 is 2.50 bits per heavy atom. The lowest BCUT2D eigenvalue weighted by Gasteiger charge is -2.12. The van der Waals surface area contributed by atoms with E-state index in [9.17, 15) is 4.79 Å². The summed E-state index contributed by atoms with van der Waals surface area (Å²) in [5.74, 6) is -0.909. The maximum Gasteiger partial charge on any atom is 0.336 e. The summed E-state index contributed by atoms with van der Waals surface area (Å²) in [5, 5.41) is 8.95. The number of hydrogen-bond acceptors (Lipinski definition) is 2. The fourth-order valence-electron chi connectivity index (χ4n) is 1.57. The van der Waals surface area contributed by atoms with Gasteiger partial charge in [-0.05, 0) is 43.0 Å². The average molecular weight is 210 g/mol. The van der Waals surface area contributed by atoms with Crippen molar-refractivity contribution >= 4 is 18.6 Å². The van der Waals surface area contributed by atoms with Gasteiger partial charge in [0.1, 0.15) is 0 Å². The first-order valence-corrected chi connectivity index (χ1v) is 4.99. The van der Waals surface area contributed by atoms with Crippen molar-refractivity contribution < 1.29 is 9.90 Å². The Morgan fingerprint density at radius 1 is 1.50 bits per heavy atom. The highest BCUT2D eigenvalue weighted by molar-refractivity contribution is 7.80. The van der Waals surface area contributed by atoms with Crippen molar-refractivity contribution in [1.82, 2.24) is 0 Å². The highest BCUT2D eigenvalue weighted by atomic mass is 32.1. The van der Waals surface area contributed by atoms with Gasteiger partial charge in [0.05, 0.1) is 5.56 Å². The van der Waals surface area contributed by atoms with Crippen LogP contribution < -0.4 is 0 Å². The molecule has 0 radical (unpaired) electrons. The Kier molecular flexibility index (Phi) is 3.21. The molecule has 0 aromatic heterocycles. The molecule has 0 aliphatic carbocycles. The Hall–Kier alpha value is -0.960. The number of carboxylic acids is 1. The van der Waals surface area contributed by atoms with Crippen LogP contribution in [0.5, 0.6) is 0 Å². The van der Waals surface area contributed by atoms with Gasteiger partial charge in [-0.15, -0.1) is 12.6 Å². The van der Waals surface area contributed by atoms with E-state index in [1.807, 2.05) is 20.8 Å². The largest absolute Gasteiger partial charge is 0.478 e. The minimum absolute atomic E-state index is 0.299. The van der Waals surface area contributed by atoms with Gasteiger partial charge in [-0.1, -0.05) is 6.92 Å². The van der Waals surface area contributed by atoms with E-state index in [1.54, 1.807) is 6.07 Å². The van der Waals surface area contributed by atoms with Crippen molar-refractivity contribution in [3.8, 4) is 0 Å². The number of hydrogen-bond donors (Lipinski definition) is 2. The van der Waals surface area contributed by atoms with Crippen molar-refractivity contribution in [3.05, 3.63) is 28.3 Å². The molecule has 0 bridgehead atoms. The van der Waals surface area contributed by atoms with Crippen LogP contribution in [0, 0.1) is 13.8 Å². The lowest BCUT2D eigenvalue weighted by molar-refractivity contribution is 0.0693. The number of benzene rings is 1. The minimum atomic E-state index is -0.909. The molecular formula is C11H14O2S. The topological polar surface area (TPSA) is 37.3 Å². The molecule has 14 heavy (non-hydrogen) atoms. The second kappa shape index (κ2) is 4.05. The standard InChI is InChI=1S/C11H14O2S/c1-4-8-7(3)6(2)5-9(10(8)14)11(12)13/h5,14H,4H2,1-3H3,(H,12,13). The molecular weight excluding hydrogens is 196 g/mol. The lowest BCUT2D eigenvalue weighted by Crippen LogP contribution is -2.04. The quantitative estimate of drug-likeness (QED) is 0.736. The second-order valence-corrected chi connectivity index (χ2v) is 3.80. The molecule has 0 saturated carbocycles. The van der Waals surface area contributed by atoms with Gasteiger partial charge in [0.25, 0.3) is 0 Å². The van der Waals surface area contributed by atoms with Gasteiger partial charge in [-0.2, -0.15) is 0 Å². The Bertz CT molecular complexity index is 383. The van der Waals surface area contributed by atoms with E-state index in [2.05, 4.69) is 12.6 Å². The Balaban J connectivity index is 3.50. The molecule has 0 amide bonds. The fraction of sp³-hybridized carbons (Fsp3) is 0.364. The number of rotatable bonds is 2. The summed E-state index contributed by atoms with van der Waals surface area (Å²) < 4.78 is 0. The smallest absolute Gasteiger partial charge is 0.336 e. The second-order valence-electron chi connectivity index (χ2n) is 3.35. The van der Waals surface area contributed by atoms with E-state index in [4.69, 9.17) is 5.11 Å². The molecule has 1 N–H and O–H groups in total. The van der Waals surface area contributed by atoms with Crippen LogP contribution in [0.25, 0.3) is 0 Å². The predicted octanol–water partition coefficient (Wildman–Crippen LogP) is 2.85. The van der Waals surface area contributed by atoms with Crippen molar-refractivity contribution in [2.45, 2.75) is 32.1 Å². The van der Waals surface area contributed by atoms with Crippen molar-refractivity contribution in [3.63, 3.8) is 0 Å². The zero-order chi connectivity index (χ0) is 10.9. The van der Waals surface area contributed by atoms with E-state index in [1.165, 1.54) is 0 Å². The molecule has 0 saturated heterocycles. The monoisotopic (exact) mass is 210 g/mol. The minimum Gasteiger partial charge on any atom is -0.478 e. The van der Waals surface area contributed by atoms with Gasteiger partial charge in [0, 0.05) is 4.90 Å². The molecule has 0 unspecified atom stereocenters. The van der Waals surface area contributed by atoms with E-state index >= 15 is 0 Å². The number of thiol groups is 1. The van der Waals surface area contributed by atoms with E-state index in [0.29, 0.717) is 10.5 Å². The molecule has 0 fully saturated rings. The molecule has 0 atom stereocenters. The third-order valence-electron chi connectivity index (χ3n) is 2.53. The van der Waals surface area contributed by atoms with Crippen molar-refractivity contribution in [1.29, 1.82) is 0 Å². The van der Waals surface area contributed by atoms with E-state index < -0.39 is 5.97 Å². The zero-order valence-corrected chi connectivity index (χ0v) is 9.48. The Labute approximate surface area is 89.4 Å². The van der Waals surface area contributed by atoms with Crippen molar-refractivity contribution in [2.24, 2.45) is 0 Å². The molecule has 0 aliphatic heterocycles. The third-order valence-corrected chi connectivity index (χ3v) is 3.04. The highest BCUT2D eigenvalue weighted by Crippen LogP contribution is 2.26. The molecule has 3 heteroatoms. The van der Waals surface area contributed by atoms with Crippen LogP contribution in [0.4, 0.5) is 0 Å². The summed E-state index contributed by atoms with van der Waals surface area (Å²) >= 11 is 4.27. The molecule has 0 aliphatic rings. The van der Waals surface area contributed by atoms with Crippen LogP contribution in [-0.2, 0) is 6.42 Å². The third kappa shape index (κ3) is 1.77. The predicted molar refractivity (Wildman–Crippen MR) is 59.5 cm³/mol. The number of carbonyl (C=O) groups is 1. The summed E-state index contributed by atoms with van der Waals surface area (Å²) in [6, 6.07) is 1.68. The van der Waals surface area contributed by atoms with E-state index in [-0.39, 0.29) is 0 Å². The molecule has 0 spiro atoms. The maximum atomic E-state index is 10.9. The van der Waals surface area contributed by atoms with Gasteiger partial charge in [0.2, 0.25) is 0 Å². The number of aromatic carboxylic acids is 1. The Morgan fingerprint density at radius 2 is 2.07 bits per heavy atom. The first-order chi connectivity index (χ1) is 6.49. The van der Waals surface area contributed by atoms with Crippen LogP contribution in [0.1, 0.15) is 34.0 Å². The molecule has 1 aromatic rings. The van der Waals surface area contributed by atoms with Gasteiger partial charge >= 0.3 is 5.97 Å². The molecule has 0 heterocycles. The SMILES string of the molecule is CCc1c(C)c(C)cc(C(=O)O)c1S. The molecule has 1 rings (SSSR count). The van der Waals surface area contributed by atoms with Gasteiger partial charge in [-0.3, -0.25) is 0 Å². The summed E-state index contributed by atoms with van der Waals surface area (Å²) in [5.41, 5.74) is 3.48. The van der Waals surface area contributed by atoms with Crippen molar-refractivity contribution in [2.75, 3.05) is 0 Å². The molecule has 76 valence electrons. The number of carboxylic acid groups (broad SMARTS) is 1. The molecule has 1 aromatic carbocycles. The van der Waals surface area contributed by atoms with Crippen LogP contribution in [0.2, 0.25) is 0 Å². The number of aryl methyl sites for hydroxylation is 1. The van der Waals surface area contributed by atoms with Gasteiger partial charge in [0.15, 0.2) is 0 Å². The van der Waals surface area contributed by atoms with Crippen LogP contribution >= 0.6 is 12.6 Å². The highest BCUT2D eigenvalue weighted by Gasteiger charge is 2.14. The summed E-state index contributed by atoms with van der Waals surface area (Å²) in [6.45, 7) is 5.93. The molecule has 2 nitrogen and oxygen atoms in total. The van der Waals surface area contributed by atoms with Gasteiger partial charge < -0.3 is 5.11 Å².